The number of hydrogen-bond donors (Lipinski definition) is 2. The van der Waals surface area contributed by atoms with E-state index < -0.39 is 6.04 Å². The minimum Gasteiger partial charge on any atom is -0.507 e. The number of benzene rings is 3. The first-order chi connectivity index (χ1) is 16.0. The minimum absolute atomic E-state index is 0.0437. The number of carbonyl (C=O) groups excluding carboxylic acids is 1. The minimum atomic E-state index is -0.410. The van der Waals surface area contributed by atoms with E-state index in [2.05, 4.69) is 10.2 Å². The van der Waals surface area contributed by atoms with Crippen LogP contribution in [-0.4, -0.2) is 32.4 Å². The molecule has 0 fully saturated rings. The van der Waals surface area contributed by atoms with Crippen molar-refractivity contribution < 1.29 is 9.90 Å². The first-order valence-electron chi connectivity index (χ1n) is 10.2. The number of nitrogens with one attached hydrogen (secondary N) is 1. The molecule has 1 unspecified atom stereocenters. The summed E-state index contributed by atoms with van der Waals surface area (Å²) in [6.07, 6.45) is 2.02. The fraction of sp³-hybridized carbons (Fsp3) is 0.120. The molecule has 0 spiro atoms. The van der Waals surface area contributed by atoms with Gasteiger partial charge in [0.2, 0.25) is 0 Å². The molecule has 2 heterocycles. The highest BCUT2D eigenvalue weighted by molar-refractivity contribution is 7.98. The molecular formula is C25H19Cl2N3O2S. The number of thioether (sulfide) groups is 1. The molecule has 0 bridgehead atoms. The predicted octanol–water partition coefficient (Wildman–Crippen LogP) is 6.56. The first-order valence-corrected chi connectivity index (χ1v) is 12.2. The first kappa shape index (κ1) is 21.9. The van der Waals surface area contributed by atoms with E-state index in [1.165, 1.54) is 6.07 Å². The standard InChI is InChI=1S/C25H19Cl2N3O2S/c1-33-17-9-6-14(7-10-17)24-21-22(18-12-16(26)8-11-20(18)31)28-29-23(21)25(32)30(24)13-15-4-2-3-5-19(15)27/h2-12,24,31H,13H2,1H3,(H,28,29). The third-order valence-corrected chi connectivity index (χ3v) is 7.15. The lowest BCUT2D eigenvalue weighted by Gasteiger charge is -2.27. The molecule has 0 aliphatic carbocycles. The zero-order chi connectivity index (χ0) is 23.1. The Morgan fingerprint density at radius 1 is 1.09 bits per heavy atom. The van der Waals surface area contributed by atoms with Gasteiger partial charge in [0.25, 0.3) is 5.91 Å². The molecule has 8 heteroatoms. The molecule has 1 aromatic heterocycles. The number of H-pyrrole nitrogens is 1. The summed E-state index contributed by atoms with van der Waals surface area (Å²) in [5, 5.41) is 18.9. The quantitative estimate of drug-likeness (QED) is 0.307. The summed E-state index contributed by atoms with van der Waals surface area (Å²) in [5.41, 5.74) is 3.87. The number of aromatic hydroxyl groups is 1. The van der Waals surface area contributed by atoms with Gasteiger partial charge in [-0.3, -0.25) is 9.89 Å². The summed E-state index contributed by atoms with van der Waals surface area (Å²) in [5.74, 6) is -0.133. The molecule has 1 aliphatic rings. The smallest absolute Gasteiger partial charge is 0.273 e. The van der Waals surface area contributed by atoms with Crippen LogP contribution in [-0.2, 0) is 6.54 Å². The normalized spacial score (nSPS) is 15.2. The fourth-order valence-corrected chi connectivity index (χ4v) is 4.98. The van der Waals surface area contributed by atoms with Crippen molar-refractivity contribution >= 4 is 40.9 Å². The average molecular weight is 496 g/mol. The fourth-order valence-electron chi connectivity index (χ4n) is 4.21. The van der Waals surface area contributed by atoms with Crippen molar-refractivity contribution in [3.63, 3.8) is 0 Å². The number of hydrogen-bond acceptors (Lipinski definition) is 4. The van der Waals surface area contributed by atoms with Gasteiger partial charge in [0.1, 0.15) is 17.1 Å². The Balaban J connectivity index is 1.67. The van der Waals surface area contributed by atoms with Crippen LogP contribution in [0, 0.1) is 0 Å². The van der Waals surface area contributed by atoms with Gasteiger partial charge in [0.05, 0.1) is 6.04 Å². The second-order valence-corrected chi connectivity index (χ2v) is 9.45. The van der Waals surface area contributed by atoms with E-state index >= 15 is 0 Å². The average Bonchev–Trinajstić information content (AvgIpc) is 3.36. The van der Waals surface area contributed by atoms with Gasteiger partial charge in [0, 0.05) is 32.6 Å². The van der Waals surface area contributed by atoms with E-state index in [1.807, 2.05) is 54.8 Å². The maximum Gasteiger partial charge on any atom is 0.273 e. The molecule has 0 radical (unpaired) electrons. The number of fused-ring (bicyclic) bond motifs is 1. The van der Waals surface area contributed by atoms with E-state index in [0.29, 0.717) is 39.1 Å². The number of amides is 1. The molecule has 4 aromatic rings. The molecule has 1 atom stereocenters. The molecule has 1 amide bonds. The maximum absolute atomic E-state index is 13.5. The zero-order valence-corrected chi connectivity index (χ0v) is 19.9. The third-order valence-electron chi connectivity index (χ3n) is 5.81. The lowest BCUT2D eigenvalue weighted by Crippen LogP contribution is -2.29. The van der Waals surface area contributed by atoms with Gasteiger partial charge in [-0.1, -0.05) is 53.5 Å². The van der Waals surface area contributed by atoms with Crippen molar-refractivity contribution in [2.24, 2.45) is 0 Å². The Morgan fingerprint density at radius 2 is 1.85 bits per heavy atom. The Hall–Kier alpha value is -2.93. The summed E-state index contributed by atoms with van der Waals surface area (Å²) >= 11 is 14.3. The third kappa shape index (κ3) is 3.88. The van der Waals surface area contributed by atoms with Crippen LogP contribution in [0.25, 0.3) is 11.3 Å². The summed E-state index contributed by atoms with van der Waals surface area (Å²) in [4.78, 5) is 16.4. The number of halogens is 2. The predicted molar refractivity (Wildman–Crippen MR) is 132 cm³/mol. The molecule has 0 saturated carbocycles. The van der Waals surface area contributed by atoms with Gasteiger partial charge in [-0.15, -0.1) is 11.8 Å². The summed E-state index contributed by atoms with van der Waals surface area (Å²) in [7, 11) is 0. The van der Waals surface area contributed by atoms with E-state index in [-0.39, 0.29) is 11.7 Å². The van der Waals surface area contributed by atoms with Gasteiger partial charge in [0.15, 0.2) is 0 Å². The van der Waals surface area contributed by atoms with Crippen molar-refractivity contribution in [3.05, 3.63) is 99.2 Å². The van der Waals surface area contributed by atoms with Crippen LogP contribution in [0.15, 0.2) is 71.6 Å². The molecule has 1 aliphatic heterocycles. The number of aromatic nitrogens is 2. The largest absolute Gasteiger partial charge is 0.507 e. The molecule has 0 saturated heterocycles. The zero-order valence-electron chi connectivity index (χ0n) is 17.5. The highest BCUT2D eigenvalue weighted by Crippen LogP contribution is 2.46. The van der Waals surface area contributed by atoms with Gasteiger partial charge in [-0.25, -0.2) is 0 Å². The number of carbonyl (C=O) groups is 1. The van der Waals surface area contributed by atoms with Crippen LogP contribution in [0.1, 0.15) is 33.2 Å². The van der Waals surface area contributed by atoms with Crippen molar-refractivity contribution in [3.8, 4) is 17.0 Å². The Labute approximate surface area is 205 Å². The summed E-state index contributed by atoms with van der Waals surface area (Å²) < 4.78 is 0. The summed E-state index contributed by atoms with van der Waals surface area (Å²) in [6.45, 7) is 0.330. The molecule has 166 valence electrons. The molecule has 5 nitrogen and oxygen atoms in total. The second-order valence-electron chi connectivity index (χ2n) is 7.72. The van der Waals surface area contributed by atoms with E-state index in [4.69, 9.17) is 23.2 Å². The Morgan fingerprint density at radius 3 is 2.58 bits per heavy atom. The molecule has 2 N–H and O–H groups in total. The summed E-state index contributed by atoms with van der Waals surface area (Å²) in [6, 6.07) is 20.0. The van der Waals surface area contributed by atoms with Crippen LogP contribution in [0.5, 0.6) is 5.75 Å². The Bertz CT molecular complexity index is 1350. The van der Waals surface area contributed by atoms with E-state index in [9.17, 15) is 9.90 Å². The lowest BCUT2D eigenvalue weighted by atomic mass is 9.95. The second kappa shape index (κ2) is 8.78. The van der Waals surface area contributed by atoms with Gasteiger partial charge >= 0.3 is 0 Å². The van der Waals surface area contributed by atoms with E-state index in [0.717, 1.165) is 16.0 Å². The van der Waals surface area contributed by atoms with E-state index in [1.54, 1.807) is 28.8 Å². The monoisotopic (exact) mass is 495 g/mol. The van der Waals surface area contributed by atoms with Gasteiger partial charge in [-0.2, -0.15) is 5.10 Å². The molecule has 3 aromatic carbocycles. The van der Waals surface area contributed by atoms with Gasteiger partial charge < -0.3 is 10.0 Å². The number of rotatable bonds is 5. The Kier molecular flexibility index (Phi) is 5.83. The van der Waals surface area contributed by atoms with Crippen molar-refractivity contribution in [1.82, 2.24) is 15.1 Å². The number of phenolic OH excluding ortho intramolecular Hbond substituents is 1. The number of aromatic amines is 1. The van der Waals surface area contributed by atoms with Crippen molar-refractivity contribution in [1.29, 1.82) is 0 Å². The molecule has 33 heavy (non-hydrogen) atoms. The highest BCUT2D eigenvalue weighted by atomic mass is 35.5. The van der Waals surface area contributed by atoms with Crippen molar-refractivity contribution in [2.45, 2.75) is 17.5 Å². The topological polar surface area (TPSA) is 69.2 Å². The van der Waals surface area contributed by atoms with Crippen LogP contribution in [0.2, 0.25) is 10.0 Å². The van der Waals surface area contributed by atoms with Crippen molar-refractivity contribution in [2.75, 3.05) is 6.26 Å². The SMILES string of the molecule is CSc1ccc(C2c3c(-c4cc(Cl)ccc4O)n[nH]c3C(=O)N2Cc2ccccc2Cl)cc1. The lowest BCUT2D eigenvalue weighted by molar-refractivity contribution is 0.0730. The van der Waals surface area contributed by atoms with Crippen LogP contribution in [0.3, 0.4) is 0 Å². The molecule has 5 rings (SSSR count). The number of nitrogens with zero attached hydrogens (tertiary/aromatic N) is 2. The number of phenols is 1. The molecular weight excluding hydrogens is 477 g/mol. The maximum atomic E-state index is 13.5. The highest BCUT2D eigenvalue weighted by Gasteiger charge is 2.42. The van der Waals surface area contributed by atoms with Crippen LogP contribution < -0.4 is 0 Å². The van der Waals surface area contributed by atoms with Crippen LogP contribution >= 0.6 is 35.0 Å². The van der Waals surface area contributed by atoms with Crippen LogP contribution in [0.4, 0.5) is 0 Å². The van der Waals surface area contributed by atoms with Gasteiger partial charge in [-0.05, 0) is 53.8 Å².